The zero-order chi connectivity index (χ0) is 28.2. The predicted octanol–water partition coefficient (Wildman–Crippen LogP) is 5.41. The number of allylic oxidation sites excluding steroid dienone is 2. The number of hydrogen-bond acceptors (Lipinski definition) is 5. The fourth-order valence-corrected chi connectivity index (χ4v) is 3.62. The zero-order valence-electron chi connectivity index (χ0n) is 20.0. The van der Waals surface area contributed by atoms with Crippen LogP contribution in [0.15, 0.2) is 65.7 Å². The first-order valence-electron chi connectivity index (χ1n) is 10.8. The molecule has 0 unspecified atom stereocenters. The second-order valence-electron chi connectivity index (χ2n) is 8.02. The Bertz CT molecular complexity index is 1560. The predicted molar refractivity (Wildman–Crippen MR) is 132 cm³/mol. The van der Waals surface area contributed by atoms with Crippen LogP contribution in [0.1, 0.15) is 22.4 Å². The van der Waals surface area contributed by atoms with E-state index in [-0.39, 0.29) is 33.0 Å². The summed E-state index contributed by atoms with van der Waals surface area (Å²) >= 11 is 5.89. The smallest absolute Gasteiger partial charge is 0.437 e. The summed E-state index contributed by atoms with van der Waals surface area (Å²) in [5.41, 5.74) is -2.20. The normalized spacial score (nSPS) is 11.6. The number of benzene rings is 2. The van der Waals surface area contributed by atoms with E-state index < -0.39 is 41.4 Å². The number of aromatic nitrogens is 2. The van der Waals surface area contributed by atoms with Gasteiger partial charge in [-0.15, -0.1) is 0 Å². The number of amides is 1. The number of halogens is 5. The molecule has 1 amide bonds. The van der Waals surface area contributed by atoms with Gasteiger partial charge in [0.25, 0.3) is 11.5 Å². The van der Waals surface area contributed by atoms with Crippen LogP contribution in [-0.2, 0) is 17.5 Å². The van der Waals surface area contributed by atoms with E-state index >= 15 is 0 Å². The number of rotatable bonds is 7. The maximum absolute atomic E-state index is 14.5. The van der Waals surface area contributed by atoms with Crippen LogP contribution in [-0.4, -0.2) is 22.5 Å². The molecule has 0 saturated carbocycles. The lowest BCUT2D eigenvalue weighted by Gasteiger charge is -2.15. The summed E-state index contributed by atoms with van der Waals surface area (Å²) in [6.45, 7) is 5.05. The van der Waals surface area contributed by atoms with E-state index in [1.54, 1.807) is 13.0 Å². The quantitative estimate of drug-likeness (QED) is 0.243. The van der Waals surface area contributed by atoms with Gasteiger partial charge in [0.05, 0.1) is 24.5 Å². The van der Waals surface area contributed by atoms with Crippen molar-refractivity contribution in [3.8, 4) is 17.6 Å². The minimum absolute atomic E-state index is 0.000417. The number of likely N-dealkylation sites (N-methyl/N-ethyl adjacent to an activating group) is 1. The first-order valence-corrected chi connectivity index (χ1v) is 11.1. The highest BCUT2D eigenvalue weighted by molar-refractivity contribution is 6.30. The molecule has 2 aromatic carbocycles. The molecule has 0 bridgehead atoms. The molecule has 3 aromatic rings. The van der Waals surface area contributed by atoms with Crippen LogP contribution in [0.2, 0.25) is 5.02 Å². The maximum atomic E-state index is 14.5. The highest BCUT2D eigenvalue weighted by atomic mass is 35.5. The summed E-state index contributed by atoms with van der Waals surface area (Å²) in [6, 6.07) is 9.43. The van der Waals surface area contributed by atoms with Crippen molar-refractivity contribution in [2.45, 2.75) is 19.6 Å². The molecular formula is C26H19ClF4N4O3. The summed E-state index contributed by atoms with van der Waals surface area (Å²) in [7, 11) is 1.34. The first kappa shape index (κ1) is 28.1. The molecule has 0 spiro atoms. The second kappa shape index (κ2) is 11.3. The van der Waals surface area contributed by atoms with Crippen LogP contribution < -0.4 is 15.6 Å². The van der Waals surface area contributed by atoms with Gasteiger partial charge in [-0.2, -0.15) is 18.4 Å². The van der Waals surface area contributed by atoms with Crippen LogP contribution >= 0.6 is 11.6 Å². The Hall–Kier alpha value is -4.43. The molecule has 1 aromatic heterocycles. The third kappa shape index (κ3) is 6.46. The maximum Gasteiger partial charge on any atom is 0.437 e. The number of nitrogens with zero attached hydrogens (tertiary/aromatic N) is 3. The van der Waals surface area contributed by atoms with Crippen LogP contribution in [0.4, 0.5) is 17.6 Å². The van der Waals surface area contributed by atoms with E-state index in [1.165, 1.54) is 37.4 Å². The molecule has 1 heterocycles. The van der Waals surface area contributed by atoms with Crippen molar-refractivity contribution >= 4 is 23.1 Å². The lowest BCUT2D eigenvalue weighted by Crippen LogP contribution is -2.27. The van der Waals surface area contributed by atoms with Crippen molar-refractivity contribution in [2.24, 2.45) is 0 Å². The van der Waals surface area contributed by atoms with Crippen LogP contribution in [0.25, 0.3) is 5.57 Å². The Morgan fingerprint density at radius 1 is 1.29 bits per heavy atom. The Labute approximate surface area is 219 Å². The summed E-state index contributed by atoms with van der Waals surface area (Å²) < 4.78 is 61.4. The van der Waals surface area contributed by atoms with Crippen molar-refractivity contribution in [3.05, 3.63) is 105 Å². The average molecular weight is 547 g/mol. The fraction of sp³-hybridized carbons (Fsp3) is 0.154. The number of nitriles is 1. The van der Waals surface area contributed by atoms with E-state index in [4.69, 9.17) is 21.6 Å². The van der Waals surface area contributed by atoms with Gasteiger partial charge in [0.1, 0.15) is 11.6 Å². The van der Waals surface area contributed by atoms with Crippen molar-refractivity contribution < 1.29 is 27.1 Å². The van der Waals surface area contributed by atoms with Gasteiger partial charge < -0.3 is 10.1 Å². The molecule has 196 valence electrons. The lowest BCUT2D eigenvalue weighted by molar-refractivity contribution is -0.142. The minimum Gasteiger partial charge on any atom is -0.449 e. The van der Waals surface area contributed by atoms with E-state index in [0.717, 1.165) is 16.7 Å². The molecule has 3 rings (SSSR count). The first-order chi connectivity index (χ1) is 17.8. The van der Waals surface area contributed by atoms with Crippen molar-refractivity contribution in [3.63, 3.8) is 0 Å². The molecular weight excluding hydrogens is 528 g/mol. The fourth-order valence-electron chi connectivity index (χ4n) is 3.40. The third-order valence-corrected chi connectivity index (χ3v) is 5.31. The molecule has 0 saturated heterocycles. The van der Waals surface area contributed by atoms with E-state index in [9.17, 15) is 27.2 Å². The van der Waals surface area contributed by atoms with Gasteiger partial charge in [-0.05, 0) is 48.9 Å². The molecule has 12 heteroatoms. The van der Waals surface area contributed by atoms with Gasteiger partial charge in [-0.25, -0.2) is 9.37 Å². The highest BCUT2D eigenvalue weighted by Gasteiger charge is 2.38. The molecule has 0 fully saturated rings. The zero-order valence-corrected chi connectivity index (χ0v) is 20.7. The van der Waals surface area contributed by atoms with E-state index in [0.29, 0.717) is 11.9 Å². The largest absolute Gasteiger partial charge is 0.449 e. The van der Waals surface area contributed by atoms with Gasteiger partial charge >= 0.3 is 6.18 Å². The number of hydrogen-bond donors (Lipinski definition) is 1. The molecule has 7 nitrogen and oxygen atoms in total. The standard InChI is InChI=1S/C26H19ClF4N4O3/c1-14-4-5-21(28)19(6-14)20(24(36)33-3)7-15(2)12-35-13-34-23(26(29,30)31)22(25(35)37)38-18-9-16(11-32)8-17(27)10-18/h4-10,13H,2,12H2,1,3H3,(H,33,36)/b20-7-. The Balaban J connectivity index is 2.06. The molecule has 0 aliphatic rings. The number of aryl methyl sites for hydroxylation is 1. The monoisotopic (exact) mass is 546 g/mol. The molecule has 38 heavy (non-hydrogen) atoms. The van der Waals surface area contributed by atoms with Crippen LogP contribution in [0, 0.1) is 24.1 Å². The van der Waals surface area contributed by atoms with Gasteiger partial charge in [0, 0.05) is 23.2 Å². The summed E-state index contributed by atoms with van der Waals surface area (Å²) in [6.07, 6.45) is -3.17. The second-order valence-corrected chi connectivity index (χ2v) is 8.46. The van der Waals surface area contributed by atoms with Crippen LogP contribution in [0.5, 0.6) is 11.5 Å². The number of nitrogens with one attached hydrogen (secondary N) is 1. The SMILES string of the molecule is C=C(/C=C(\C(=O)NC)c1cc(C)ccc1F)Cn1cnc(C(F)(F)F)c(Oc2cc(Cl)cc(C#N)c2)c1=O. The summed E-state index contributed by atoms with van der Waals surface area (Å²) in [5, 5.41) is 11.5. The molecule has 0 atom stereocenters. The molecule has 1 N–H and O–H groups in total. The van der Waals surface area contributed by atoms with Gasteiger partial charge in [-0.3, -0.25) is 14.2 Å². The van der Waals surface area contributed by atoms with Gasteiger partial charge in [0.2, 0.25) is 5.75 Å². The van der Waals surface area contributed by atoms with Crippen molar-refractivity contribution in [2.75, 3.05) is 7.05 Å². The Morgan fingerprint density at radius 3 is 2.63 bits per heavy atom. The minimum atomic E-state index is -5.05. The highest BCUT2D eigenvalue weighted by Crippen LogP contribution is 2.35. The Kier molecular flexibility index (Phi) is 8.38. The lowest BCUT2D eigenvalue weighted by atomic mass is 10.00. The third-order valence-electron chi connectivity index (χ3n) is 5.09. The molecule has 0 aliphatic carbocycles. The van der Waals surface area contributed by atoms with E-state index in [1.807, 2.05) is 0 Å². The summed E-state index contributed by atoms with van der Waals surface area (Å²) in [4.78, 5) is 28.9. The number of carbonyl (C=O) groups excluding carboxylic acids is 1. The van der Waals surface area contributed by atoms with Crippen molar-refractivity contribution in [1.29, 1.82) is 5.26 Å². The molecule has 0 aliphatic heterocycles. The topological polar surface area (TPSA) is 97.0 Å². The van der Waals surface area contributed by atoms with Gasteiger partial charge in [-0.1, -0.05) is 29.8 Å². The number of carbonyl (C=O) groups is 1. The number of alkyl halides is 3. The van der Waals surface area contributed by atoms with Gasteiger partial charge in [0.15, 0.2) is 5.69 Å². The summed E-state index contributed by atoms with van der Waals surface area (Å²) in [5.74, 6) is -2.77. The van der Waals surface area contributed by atoms with Crippen molar-refractivity contribution in [1.82, 2.24) is 14.9 Å². The Morgan fingerprint density at radius 2 is 2.00 bits per heavy atom. The number of ether oxygens (including phenoxy) is 1. The van der Waals surface area contributed by atoms with E-state index in [2.05, 4.69) is 16.9 Å². The molecule has 0 radical (unpaired) electrons. The average Bonchev–Trinajstić information content (AvgIpc) is 2.85. The van der Waals surface area contributed by atoms with Crippen LogP contribution in [0.3, 0.4) is 0 Å².